The number of aromatic nitrogens is 1. The molecule has 1 N–H and O–H groups in total. The van der Waals surface area contributed by atoms with Crippen molar-refractivity contribution in [3.8, 4) is 0 Å². The van der Waals surface area contributed by atoms with Gasteiger partial charge in [-0.1, -0.05) is 23.7 Å². The number of hydrogen-bond donors (Lipinski definition) is 1. The molecular weight excluding hydrogens is 284 g/mol. The lowest BCUT2D eigenvalue weighted by Gasteiger charge is -2.22. The zero-order chi connectivity index (χ0) is 15.2. The van der Waals surface area contributed by atoms with E-state index < -0.39 is 0 Å². The van der Waals surface area contributed by atoms with Crippen LogP contribution >= 0.6 is 11.6 Å². The van der Waals surface area contributed by atoms with E-state index >= 15 is 0 Å². The largest absolute Gasteiger partial charge is 0.353 e. The Morgan fingerprint density at radius 2 is 2.00 bits per heavy atom. The van der Waals surface area contributed by atoms with Crippen LogP contribution in [0.2, 0.25) is 5.02 Å². The zero-order valence-electron chi connectivity index (χ0n) is 12.7. The Morgan fingerprint density at radius 3 is 2.57 bits per heavy atom. The second-order valence-electron chi connectivity index (χ2n) is 4.99. The van der Waals surface area contributed by atoms with Gasteiger partial charge in [0.25, 0.3) is 0 Å². The van der Waals surface area contributed by atoms with Gasteiger partial charge in [-0.05, 0) is 29.8 Å². The van der Waals surface area contributed by atoms with Crippen molar-refractivity contribution < 1.29 is 0 Å². The smallest absolute Gasteiger partial charge is 0.194 e. The van der Waals surface area contributed by atoms with Crippen LogP contribution in [-0.2, 0) is 20.1 Å². The van der Waals surface area contributed by atoms with Crippen LogP contribution in [0.15, 0.2) is 47.6 Å². The van der Waals surface area contributed by atoms with Gasteiger partial charge in [-0.2, -0.15) is 0 Å². The molecule has 0 aliphatic heterocycles. The minimum Gasteiger partial charge on any atom is -0.353 e. The molecule has 4 nitrogen and oxygen atoms in total. The van der Waals surface area contributed by atoms with Gasteiger partial charge in [-0.3, -0.25) is 4.99 Å². The molecule has 0 fully saturated rings. The summed E-state index contributed by atoms with van der Waals surface area (Å²) >= 11 is 5.89. The van der Waals surface area contributed by atoms with E-state index in [0.29, 0.717) is 0 Å². The Kier molecular flexibility index (Phi) is 5.28. The van der Waals surface area contributed by atoms with E-state index in [0.717, 1.165) is 24.1 Å². The second-order valence-corrected chi connectivity index (χ2v) is 5.43. The van der Waals surface area contributed by atoms with Crippen molar-refractivity contribution in [1.82, 2.24) is 14.8 Å². The molecule has 0 saturated heterocycles. The highest BCUT2D eigenvalue weighted by Gasteiger charge is 2.08. The van der Waals surface area contributed by atoms with Crippen LogP contribution in [0.1, 0.15) is 11.3 Å². The summed E-state index contributed by atoms with van der Waals surface area (Å²) in [6.45, 7) is 1.53. The van der Waals surface area contributed by atoms with Crippen LogP contribution in [0, 0.1) is 0 Å². The topological polar surface area (TPSA) is 32.6 Å². The maximum absolute atomic E-state index is 5.89. The predicted molar refractivity (Wildman–Crippen MR) is 88.5 cm³/mol. The molecule has 0 saturated carbocycles. The number of guanidine groups is 1. The molecule has 0 atom stereocenters. The summed E-state index contributed by atoms with van der Waals surface area (Å²) in [4.78, 5) is 6.43. The van der Waals surface area contributed by atoms with Gasteiger partial charge >= 0.3 is 0 Å². The molecule has 112 valence electrons. The van der Waals surface area contributed by atoms with E-state index in [4.69, 9.17) is 11.6 Å². The Hall–Kier alpha value is -1.94. The van der Waals surface area contributed by atoms with Crippen LogP contribution in [0.3, 0.4) is 0 Å². The van der Waals surface area contributed by atoms with Gasteiger partial charge in [-0.25, -0.2) is 0 Å². The molecule has 2 aromatic rings. The Balaban J connectivity index is 1.93. The zero-order valence-corrected chi connectivity index (χ0v) is 13.4. The lowest BCUT2D eigenvalue weighted by molar-refractivity contribution is 0.461. The van der Waals surface area contributed by atoms with Crippen LogP contribution in [0.5, 0.6) is 0 Å². The summed E-state index contributed by atoms with van der Waals surface area (Å²) in [5.74, 6) is 0.867. The molecule has 1 aromatic carbocycles. The lowest BCUT2D eigenvalue weighted by atomic mass is 10.2. The average Bonchev–Trinajstić information content (AvgIpc) is 2.87. The van der Waals surface area contributed by atoms with Crippen molar-refractivity contribution in [1.29, 1.82) is 0 Å². The molecule has 0 spiro atoms. The minimum atomic E-state index is 0.724. The van der Waals surface area contributed by atoms with Gasteiger partial charge in [0.2, 0.25) is 0 Å². The van der Waals surface area contributed by atoms with Gasteiger partial charge < -0.3 is 14.8 Å². The van der Waals surface area contributed by atoms with Crippen molar-refractivity contribution in [3.05, 3.63) is 58.9 Å². The van der Waals surface area contributed by atoms with Crippen LogP contribution < -0.4 is 5.32 Å². The van der Waals surface area contributed by atoms with Gasteiger partial charge in [0.05, 0.1) is 6.54 Å². The first-order valence-corrected chi connectivity index (χ1v) is 7.24. The number of nitrogens with one attached hydrogen (secondary N) is 1. The number of hydrogen-bond acceptors (Lipinski definition) is 1. The molecule has 2 rings (SSSR count). The first kappa shape index (κ1) is 15.4. The summed E-state index contributed by atoms with van der Waals surface area (Å²) in [7, 11) is 5.88. The van der Waals surface area contributed by atoms with E-state index in [-0.39, 0.29) is 0 Å². The van der Waals surface area contributed by atoms with Gasteiger partial charge in [0.1, 0.15) is 0 Å². The second kappa shape index (κ2) is 7.18. The van der Waals surface area contributed by atoms with E-state index in [9.17, 15) is 0 Å². The first-order chi connectivity index (χ1) is 10.1. The fourth-order valence-electron chi connectivity index (χ4n) is 2.15. The Bertz CT molecular complexity index is 601. The monoisotopic (exact) mass is 304 g/mol. The van der Waals surface area contributed by atoms with E-state index in [1.165, 1.54) is 11.3 Å². The summed E-state index contributed by atoms with van der Waals surface area (Å²) in [6.07, 6.45) is 2.05. The number of halogens is 1. The predicted octanol–water partition coefficient (Wildman–Crippen LogP) is 2.89. The molecule has 0 radical (unpaired) electrons. The standard InChI is InChI=1S/C16H21ClN4/c1-18-16(19-11-13-6-8-14(17)9-7-13)21(3)12-15-5-4-10-20(15)2/h4-10H,11-12H2,1-3H3,(H,18,19). The van der Waals surface area contributed by atoms with Gasteiger partial charge in [0.15, 0.2) is 5.96 Å². The van der Waals surface area contributed by atoms with E-state index in [2.05, 4.69) is 25.8 Å². The van der Waals surface area contributed by atoms with E-state index in [1.54, 1.807) is 7.05 Å². The molecule has 21 heavy (non-hydrogen) atoms. The van der Waals surface area contributed by atoms with E-state index in [1.807, 2.05) is 50.6 Å². The third-order valence-corrected chi connectivity index (χ3v) is 3.64. The Morgan fingerprint density at radius 1 is 1.29 bits per heavy atom. The molecule has 0 bridgehead atoms. The summed E-state index contributed by atoms with van der Waals surface area (Å²) in [5.41, 5.74) is 2.42. The molecule has 0 amide bonds. The molecule has 0 unspecified atom stereocenters. The van der Waals surface area contributed by atoms with Crippen molar-refractivity contribution >= 4 is 17.6 Å². The van der Waals surface area contributed by atoms with Crippen LogP contribution in [0.25, 0.3) is 0 Å². The third kappa shape index (κ3) is 4.26. The van der Waals surface area contributed by atoms with Crippen LogP contribution in [0.4, 0.5) is 0 Å². The highest BCUT2D eigenvalue weighted by Crippen LogP contribution is 2.09. The Labute approximate surface area is 131 Å². The number of rotatable bonds is 4. The average molecular weight is 305 g/mol. The SMILES string of the molecule is CN=C(NCc1ccc(Cl)cc1)N(C)Cc1cccn1C. The number of benzene rings is 1. The number of aliphatic imine (C=N–C) groups is 1. The fraction of sp³-hybridized carbons (Fsp3) is 0.312. The van der Waals surface area contributed by atoms with Crippen LogP contribution in [-0.4, -0.2) is 29.5 Å². The van der Waals surface area contributed by atoms with Crippen molar-refractivity contribution in [2.75, 3.05) is 14.1 Å². The first-order valence-electron chi connectivity index (χ1n) is 6.86. The summed E-state index contributed by atoms with van der Waals surface area (Å²) < 4.78 is 2.11. The maximum atomic E-state index is 5.89. The highest BCUT2D eigenvalue weighted by molar-refractivity contribution is 6.30. The third-order valence-electron chi connectivity index (χ3n) is 3.39. The van der Waals surface area contributed by atoms with Crippen molar-refractivity contribution in [2.24, 2.45) is 12.0 Å². The lowest BCUT2D eigenvalue weighted by Crippen LogP contribution is -2.38. The highest BCUT2D eigenvalue weighted by atomic mass is 35.5. The van der Waals surface area contributed by atoms with Crippen molar-refractivity contribution in [3.63, 3.8) is 0 Å². The molecule has 1 heterocycles. The van der Waals surface area contributed by atoms with Gasteiger partial charge in [-0.15, -0.1) is 0 Å². The molecule has 1 aromatic heterocycles. The number of aryl methyl sites for hydroxylation is 1. The number of nitrogens with zero attached hydrogens (tertiary/aromatic N) is 3. The molecule has 0 aliphatic carbocycles. The van der Waals surface area contributed by atoms with Gasteiger partial charge in [0, 0.05) is 44.6 Å². The maximum Gasteiger partial charge on any atom is 0.194 e. The molecular formula is C16H21ClN4. The van der Waals surface area contributed by atoms with Crippen molar-refractivity contribution in [2.45, 2.75) is 13.1 Å². The normalized spacial score (nSPS) is 11.5. The summed E-state index contributed by atoms with van der Waals surface area (Å²) in [5, 5.41) is 4.11. The molecule has 0 aliphatic rings. The fourth-order valence-corrected chi connectivity index (χ4v) is 2.27. The minimum absolute atomic E-state index is 0.724. The quantitative estimate of drug-likeness (QED) is 0.696. The summed E-state index contributed by atoms with van der Waals surface area (Å²) in [6, 6.07) is 12.0. The molecule has 5 heteroatoms.